The molecule has 5 heteroatoms. The second-order valence-electron chi connectivity index (χ2n) is 7.83. The number of hydrogen-bond donors (Lipinski definition) is 2. The van der Waals surface area contributed by atoms with Crippen molar-refractivity contribution in [3.63, 3.8) is 0 Å². The van der Waals surface area contributed by atoms with Crippen LogP contribution in [0, 0.1) is 20.8 Å². The first-order valence-corrected chi connectivity index (χ1v) is 9.68. The van der Waals surface area contributed by atoms with E-state index in [2.05, 4.69) is 22.4 Å². The molecule has 0 radical (unpaired) electrons. The summed E-state index contributed by atoms with van der Waals surface area (Å²) in [6.07, 6.45) is 1.95. The van der Waals surface area contributed by atoms with Crippen LogP contribution in [0.15, 0.2) is 47.3 Å². The van der Waals surface area contributed by atoms with E-state index in [-0.39, 0.29) is 17.6 Å². The van der Waals surface area contributed by atoms with Crippen LogP contribution in [0.3, 0.4) is 0 Å². The average molecular weight is 375 g/mol. The third kappa shape index (κ3) is 3.79. The van der Waals surface area contributed by atoms with Crippen molar-refractivity contribution < 1.29 is 4.79 Å². The molecule has 5 nitrogen and oxygen atoms in total. The summed E-state index contributed by atoms with van der Waals surface area (Å²) in [4.78, 5) is 30.3. The minimum atomic E-state index is -0.159. The number of aryl methyl sites for hydroxylation is 3. The van der Waals surface area contributed by atoms with Crippen LogP contribution in [0.1, 0.15) is 35.1 Å². The van der Waals surface area contributed by atoms with Crippen molar-refractivity contribution in [1.82, 2.24) is 9.88 Å². The summed E-state index contributed by atoms with van der Waals surface area (Å²) in [7, 11) is 0. The zero-order valence-corrected chi connectivity index (χ0v) is 16.5. The fraction of sp³-hybridized carbons (Fsp3) is 0.304. The first-order valence-electron chi connectivity index (χ1n) is 9.68. The molecule has 144 valence electrons. The van der Waals surface area contributed by atoms with Crippen LogP contribution in [-0.4, -0.2) is 22.0 Å². The highest BCUT2D eigenvalue weighted by Gasteiger charge is 2.33. The number of anilines is 1. The Bertz CT molecular complexity index is 1110. The largest absolute Gasteiger partial charge is 0.322 e. The number of carbonyl (C=O) groups excluding carboxylic acids is 1. The van der Waals surface area contributed by atoms with Crippen LogP contribution in [0.25, 0.3) is 10.9 Å². The highest BCUT2D eigenvalue weighted by atomic mass is 16.2. The first kappa shape index (κ1) is 18.3. The number of fused-ring (bicyclic) bond motifs is 1. The summed E-state index contributed by atoms with van der Waals surface area (Å²) in [6.45, 7) is 6.34. The predicted molar refractivity (Wildman–Crippen MR) is 113 cm³/mol. The maximum absolute atomic E-state index is 12.9. The fourth-order valence-electron chi connectivity index (χ4n) is 3.70. The molecule has 2 N–H and O–H groups in total. The zero-order valence-electron chi connectivity index (χ0n) is 16.5. The van der Waals surface area contributed by atoms with E-state index in [1.807, 2.05) is 51.1 Å². The van der Waals surface area contributed by atoms with Gasteiger partial charge in [-0.2, -0.15) is 0 Å². The molecule has 3 aromatic rings. The molecule has 1 aliphatic carbocycles. The number of aromatic amines is 1. The summed E-state index contributed by atoms with van der Waals surface area (Å²) in [6, 6.07) is 13.8. The van der Waals surface area contributed by atoms with E-state index in [1.165, 1.54) is 0 Å². The van der Waals surface area contributed by atoms with Crippen LogP contribution in [0.2, 0.25) is 0 Å². The Morgan fingerprint density at radius 2 is 1.89 bits per heavy atom. The van der Waals surface area contributed by atoms with Crippen LogP contribution in [-0.2, 0) is 6.54 Å². The number of rotatable bonds is 4. The van der Waals surface area contributed by atoms with Gasteiger partial charge in [0.2, 0.25) is 0 Å². The van der Waals surface area contributed by atoms with E-state index < -0.39 is 0 Å². The molecule has 1 saturated carbocycles. The molecule has 1 aromatic heterocycles. The summed E-state index contributed by atoms with van der Waals surface area (Å²) >= 11 is 0. The predicted octanol–water partition coefficient (Wildman–Crippen LogP) is 4.65. The van der Waals surface area contributed by atoms with Crippen molar-refractivity contribution in [3.05, 3.63) is 75.1 Å². The molecule has 28 heavy (non-hydrogen) atoms. The molecule has 0 unspecified atom stereocenters. The molecule has 0 aliphatic heterocycles. The minimum absolute atomic E-state index is 0.131. The third-order valence-corrected chi connectivity index (χ3v) is 5.23. The van der Waals surface area contributed by atoms with Gasteiger partial charge in [-0.1, -0.05) is 23.8 Å². The molecule has 0 atom stereocenters. The van der Waals surface area contributed by atoms with Gasteiger partial charge in [-0.3, -0.25) is 4.79 Å². The maximum atomic E-state index is 12.9. The van der Waals surface area contributed by atoms with Crippen LogP contribution in [0.4, 0.5) is 10.5 Å². The number of nitrogens with zero attached hydrogens (tertiary/aromatic N) is 1. The zero-order chi connectivity index (χ0) is 19.8. The molecule has 0 bridgehead atoms. The number of urea groups is 1. The average Bonchev–Trinajstić information content (AvgIpc) is 3.45. The van der Waals surface area contributed by atoms with Crippen molar-refractivity contribution in [2.75, 3.05) is 5.32 Å². The second-order valence-corrected chi connectivity index (χ2v) is 7.83. The number of aromatic nitrogens is 1. The van der Waals surface area contributed by atoms with Gasteiger partial charge in [-0.05, 0) is 74.4 Å². The number of amides is 2. The Labute approximate surface area is 164 Å². The molecule has 2 aromatic carbocycles. The van der Waals surface area contributed by atoms with E-state index in [0.717, 1.165) is 46.1 Å². The fourth-order valence-corrected chi connectivity index (χ4v) is 3.70. The van der Waals surface area contributed by atoms with E-state index in [1.54, 1.807) is 4.90 Å². The van der Waals surface area contributed by atoms with Crippen molar-refractivity contribution in [1.29, 1.82) is 0 Å². The molecule has 2 amide bonds. The lowest BCUT2D eigenvalue weighted by molar-refractivity contribution is 0.206. The quantitative estimate of drug-likeness (QED) is 0.697. The highest BCUT2D eigenvalue weighted by molar-refractivity contribution is 5.90. The number of benzene rings is 2. The number of hydrogen-bond acceptors (Lipinski definition) is 2. The van der Waals surface area contributed by atoms with Crippen molar-refractivity contribution in [2.45, 2.75) is 46.2 Å². The van der Waals surface area contributed by atoms with Crippen molar-refractivity contribution in [2.24, 2.45) is 0 Å². The van der Waals surface area contributed by atoms with Gasteiger partial charge < -0.3 is 15.2 Å². The van der Waals surface area contributed by atoms with Gasteiger partial charge in [0.05, 0.1) is 12.1 Å². The Balaban J connectivity index is 1.62. The smallest absolute Gasteiger partial charge is 0.321 e. The molecule has 0 saturated heterocycles. The molecular weight excluding hydrogens is 350 g/mol. The van der Waals surface area contributed by atoms with Gasteiger partial charge in [-0.25, -0.2) is 4.79 Å². The van der Waals surface area contributed by atoms with Crippen molar-refractivity contribution >= 4 is 22.6 Å². The van der Waals surface area contributed by atoms with E-state index in [0.29, 0.717) is 12.1 Å². The van der Waals surface area contributed by atoms with Gasteiger partial charge in [0.15, 0.2) is 0 Å². The van der Waals surface area contributed by atoms with E-state index in [9.17, 15) is 9.59 Å². The molecule has 1 heterocycles. The summed E-state index contributed by atoms with van der Waals surface area (Å²) in [5, 5.41) is 3.98. The lowest BCUT2D eigenvalue weighted by Crippen LogP contribution is -2.37. The molecule has 1 aliphatic rings. The standard InChI is InChI=1S/C23H25N3O2/c1-14-5-4-6-19(11-14)24-23(28)26(20-7-8-20)13-18-12-17-10-15(2)9-16(3)21(17)25-22(18)27/h4-6,9-12,20H,7-8,13H2,1-3H3,(H,24,28)(H,25,27). The van der Waals surface area contributed by atoms with Gasteiger partial charge >= 0.3 is 6.03 Å². The minimum Gasteiger partial charge on any atom is -0.321 e. The van der Waals surface area contributed by atoms with E-state index >= 15 is 0 Å². The number of carbonyl (C=O) groups is 1. The number of H-pyrrole nitrogens is 1. The summed E-state index contributed by atoms with van der Waals surface area (Å²) < 4.78 is 0. The molecule has 1 fully saturated rings. The lowest BCUT2D eigenvalue weighted by Gasteiger charge is -2.23. The maximum Gasteiger partial charge on any atom is 0.322 e. The SMILES string of the molecule is Cc1cccc(NC(=O)N(Cc2cc3cc(C)cc(C)c3[nH]c2=O)C2CC2)c1. The van der Waals surface area contributed by atoms with E-state index in [4.69, 9.17) is 0 Å². The highest BCUT2D eigenvalue weighted by Crippen LogP contribution is 2.29. The van der Waals surface area contributed by atoms with Gasteiger partial charge in [0.1, 0.15) is 0 Å². The van der Waals surface area contributed by atoms with Crippen molar-refractivity contribution in [3.8, 4) is 0 Å². The lowest BCUT2D eigenvalue weighted by atomic mass is 10.1. The Morgan fingerprint density at radius 1 is 1.11 bits per heavy atom. The Kier molecular flexibility index (Phi) is 4.67. The van der Waals surface area contributed by atoms with Gasteiger partial charge in [0, 0.05) is 17.3 Å². The monoisotopic (exact) mass is 375 g/mol. The van der Waals surface area contributed by atoms with Crippen LogP contribution >= 0.6 is 0 Å². The van der Waals surface area contributed by atoms with Crippen LogP contribution in [0.5, 0.6) is 0 Å². The van der Waals surface area contributed by atoms with Gasteiger partial charge in [0.25, 0.3) is 5.56 Å². The second kappa shape index (κ2) is 7.15. The molecule has 0 spiro atoms. The first-order chi connectivity index (χ1) is 13.4. The molecule has 4 rings (SSSR count). The molecular formula is C23H25N3O2. The Hall–Kier alpha value is -3.08. The Morgan fingerprint density at radius 3 is 2.61 bits per heavy atom. The van der Waals surface area contributed by atoms with Crippen LogP contribution < -0.4 is 10.9 Å². The summed E-state index contributed by atoms with van der Waals surface area (Å²) in [5.41, 5.74) is 5.41. The van der Waals surface area contributed by atoms with Gasteiger partial charge in [-0.15, -0.1) is 0 Å². The number of pyridine rings is 1. The normalized spacial score (nSPS) is 13.5. The number of nitrogens with one attached hydrogen (secondary N) is 2. The third-order valence-electron chi connectivity index (χ3n) is 5.23. The summed E-state index contributed by atoms with van der Waals surface area (Å²) in [5.74, 6) is 0. The topological polar surface area (TPSA) is 65.2 Å².